The van der Waals surface area contributed by atoms with E-state index in [0.29, 0.717) is 23.4 Å². The molecule has 0 radical (unpaired) electrons. The zero-order valence-corrected chi connectivity index (χ0v) is 17.6. The molecule has 2 aromatic carbocycles. The Kier molecular flexibility index (Phi) is 4.95. The highest BCUT2D eigenvalue weighted by atomic mass is 19.1. The van der Waals surface area contributed by atoms with Crippen molar-refractivity contribution < 1.29 is 9.18 Å². The van der Waals surface area contributed by atoms with Gasteiger partial charge in [-0.3, -0.25) is 14.8 Å². The van der Waals surface area contributed by atoms with Crippen molar-refractivity contribution in [3.8, 4) is 6.07 Å². The number of nitrogens with one attached hydrogen (secondary N) is 1. The van der Waals surface area contributed by atoms with Gasteiger partial charge in [0.25, 0.3) is 5.91 Å². The van der Waals surface area contributed by atoms with Gasteiger partial charge in [-0.05, 0) is 54.8 Å². The van der Waals surface area contributed by atoms with Crippen LogP contribution < -0.4 is 5.32 Å². The van der Waals surface area contributed by atoms with Crippen molar-refractivity contribution in [1.82, 2.24) is 4.98 Å². The predicted octanol–water partition coefficient (Wildman–Crippen LogP) is 5.65. The van der Waals surface area contributed by atoms with Crippen molar-refractivity contribution in [3.63, 3.8) is 0 Å². The Hall–Kier alpha value is -4.36. The van der Waals surface area contributed by atoms with Crippen molar-refractivity contribution in [3.05, 3.63) is 94.3 Å². The second kappa shape index (κ2) is 7.96. The molecular formula is C26H18FN5O. The first-order chi connectivity index (χ1) is 16.0. The summed E-state index contributed by atoms with van der Waals surface area (Å²) in [4.78, 5) is 25.1. The zero-order chi connectivity index (χ0) is 23.0. The van der Waals surface area contributed by atoms with E-state index in [4.69, 9.17) is 16.8 Å². The van der Waals surface area contributed by atoms with E-state index in [1.54, 1.807) is 36.5 Å². The first-order valence-electron chi connectivity index (χ1n) is 10.6. The monoisotopic (exact) mass is 435 g/mol. The van der Waals surface area contributed by atoms with Crippen LogP contribution in [-0.4, -0.2) is 16.6 Å². The quantitative estimate of drug-likeness (QED) is 0.538. The summed E-state index contributed by atoms with van der Waals surface area (Å²) in [5.41, 5.74) is 4.16. The molecule has 1 aromatic heterocycles. The Labute approximate surface area is 190 Å². The summed E-state index contributed by atoms with van der Waals surface area (Å²) >= 11 is 0. The van der Waals surface area contributed by atoms with Crippen molar-refractivity contribution in [2.45, 2.75) is 31.1 Å². The Bertz CT molecular complexity index is 1410. The van der Waals surface area contributed by atoms with Gasteiger partial charge in [0.05, 0.1) is 35.3 Å². The molecule has 1 N–H and O–H groups in total. The fraction of sp³-hybridized carbons (Fsp3) is 0.192. The van der Waals surface area contributed by atoms with Gasteiger partial charge in [-0.2, -0.15) is 5.26 Å². The predicted molar refractivity (Wildman–Crippen MR) is 122 cm³/mol. The van der Waals surface area contributed by atoms with Crippen LogP contribution in [0.15, 0.2) is 59.7 Å². The fourth-order valence-corrected chi connectivity index (χ4v) is 4.50. The molecule has 160 valence electrons. The van der Waals surface area contributed by atoms with Crippen LogP contribution in [0.4, 0.5) is 21.5 Å². The van der Waals surface area contributed by atoms with Crippen LogP contribution in [0, 0.1) is 23.7 Å². The largest absolute Gasteiger partial charge is 0.319 e. The van der Waals surface area contributed by atoms with E-state index in [1.807, 2.05) is 12.1 Å². The third kappa shape index (κ3) is 3.54. The maximum absolute atomic E-state index is 15.1. The summed E-state index contributed by atoms with van der Waals surface area (Å²) in [6, 6.07) is 14.9. The molecule has 0 spiro atoms. The van der Waals surface area contributed by atoms with E-state index >= 15 is 4.39 Å². The van der Waals surface area contributed by atoms with Crippen LogP contribution in [0.1, 0.15) is 46.4 Å². The summed E-state index contributed by atoms with van der Waals surface area (Å²) in [5.74, 6) is -0.998. The number of rotatable bonds is 4. The lowest BCUT2D eigenvalue weighted by Crippen LogP contribution is -2.42. The van der Waals surface area contributed by atoms with Gasteiger partial charge in [-0.15, -0.1) is 0 Å². The molecule has 1 amide bonds. The maximum atomic E-state index is 15.1. The van der Waals surface area contributed by atoms with Crippen molar-refractivity contribution in [2.75, 3.05) is 5.32 Å². The van der Waals surface area contributed by atoms with Gasteiger partial charge in [0, 0.05) is 29.3 Å². The normalized spacial score (nSPS) is 15.4. The lowest BCUT2D eigenvalue weighted by atomic mass is 9.61. The standard InChI is InChI=1S/C26H18FN5O/c1-29-19-12-23-22(30-15-19)13-24(31-23)26(8-3-9-26)18-6-7-21(20(27)11-18)32-25(33)17-5-2-4-16(10-17)14-28/h2,4-7,10-12,15H,3,8-9,13H2,(H,32,33). The SMILES string of the molecule is [C-]#[N+]c1cnc2c(c1)N=C(C1(c3ccc(NC(=O)c4cccc(C#N)c4)c(F)c3)CCC1)C2. The lowest BCUT2D eigenvalue weighted by Gasteiger charge is -2.42. The average molecular weight is 435 g/mol. The second-order valence-electron chi connectivity index (χ2n) is 8.28. The lowest BCUT2D eigenvalue weighted by molar-refractivity contribution is 0.102. The van der Waals surface area contributed by atoms with Gasteiger partial charge in [-0.1, -0.05) is 18.6 Å². The van der Waals surface area contributed by atoms with Crippen LogP contribution in [0.3, 0.4) is 0 Å². The molecule has 33 heavy (non-hydrogen) atoms. The second-order valence-corrected chi connectivity index (χ2v) is 8.28. The van der Waals surface area contributed by atoms with Crippen LogP contribution in [-0.2, 0) is 11.8 Å². The number of aromatic nitrogens is 1. The Morgan fingerprint density at radius 1 is 1.21 bits per heavy atom. The third-order valence-electron chi connectivity index (χ3n) is 6.44. The molecule has 5 rings (SSSR count). The Morgan fingerprint density at radius 2 is 2.06 bits per heavy atom. The molecule has 1 aliphatic carbocycles. The average Bonchev–Trinajstić information content (AvgIpc) is 3.23. The molecular weight excluding hydrogens is 417 g/mol. The van der Waals surface area contributed by atoms with Crippen LogP contribution in [0.25, 0.3) is 4.85 Å². The molecule has 0 atom stereocenters. The first-order valence-corrected chi connectivity index (χ1v) is 10.6. The van der Waals surface area contributed by atoms with Crippen molar-refractivity contribution in [2.24, 2.45) is 4.99 Å². The number of aliphatic imine (C=N–C) groups is 1. The van der Waals surface area contributed by atoms with Crippen LogP contribution >= 0.6 is 0 Å². The van der Waals surface area contributed by atoms with E-state index in [9.17, 15) is 4.79 Å². The number of hydrogen-bond donors (Lipinski definition) is 1. The molecule has 1 fully saturated rings. The van der Waals surface area contributed by atoms with Crippen molar-refractivity contribution >= 4 is 28.7 Å². The zero-order valence-electron chi connectivity index (χ0n) is 17.6. The molecule has 0 unspecified atom stereocenters. The van der Waals surface area contributed by atoms with Crippen LogP contribution in [0.5, 0.6) is 0 Å². The summed E-state index contributed by atoms with van der Waals surface area (Å²) in [7, 11) is 0. The Balaban J connectivity index is 1.41. The number of amides is 1. The molecule has 1 saturated carbocycles. The number of nitriles is 1. The van der Waals surface area contributed by atoms with Gasteiger partial charge in [0.1, 0.15) is 5.82 Å². The summed E-state index contributed by atoms with van der Waals surface area (Å²) < 4.78 is 15.1. The fourth-order valence-electron chi connectivity index (χ4n) is 4.50. The number of anilines is 1. The molecule has 0 bridgehead atoms. The number of nitrogens with zero attached hydrogens (tertiary/aromatic N) is 4. The number of carbonyl (C=O) groups is 1. The van der Waals surface area contributed by atoms with E-state index in [2.05, 4.69) is 15.1 Å². The first kappa shape index (κ1) is 20.5. The summed E-state index contributed by atoms with van der Waals surface area (Å²) in [6.45, 7) is 7.18. The number of pyridine rings is 1. The highest BCUT2D eigenvalue weighted by Gasteiger charge is 2.45. The highest BCUT2D eigenvalue weighted by molar-refractivity contribution is 6.05. The number of carbonyl (C=O) groups excluding carboxylic acids is 1. The minimum atomic E-state index is -0.520. The van der Waals surface area contributed by atoms with Crippen LogP contribution in [0.2, 0.25) is 0 Å². The van der Waals surface area contributed by atoms with E-state index < -0.39 is 11.7 Å². The third-order valence-corrected chi connectivity index (χ3v) is 6.44. The number of fused-ring (bicyclic) bond motifs is 1. The van der Waals surface area contributed by atoms with E-state index in [-0.39, 0.29) is 16.7 Å². The van der Waals surface area contributed by atoms with Gasteiger partial charge in [0.2, 0.25) is 5.69 Å². The summed E-state index contributed by atoms with van der Waals surface area (Å²) in [5, 5.41) is 11.6. The molecule has 1 aliphatic heterocycles. The molecule has 6 nitrogen and oxygen atoms in total. The topological polar surface area (TPSA) is 82.5 Å². The van der Waals surface area contributed by atoms with Gasteiger partial charge in [-0.25, -0.2) is 9.24 Å². The molecule has 2 aliphatic rings. The number of benzene rings is 2. The molecule has 7 heteroatoms. The van der Waals surface area contributed by atoms with Crippen molar-refractivity contribution in [1.29, 1.82) is 5.26 Å². The minimum absolute atomic E-state index is 0.0839. The molecule has 3 aromatic rings. The smallest absolute Gasteiger partial charge is 0.255 e. The van der Waals surface area contributed by atoms with Gasteiger partial charge in [0.15, 0.2) is 0 Å². The maximum Gasteiger partial charge on any atom is 0.255 e. The highest BCUT2D eigenvalue weighted by Crippen LogP contribution is 2.49. The molecule has 0 saturated heterocycles. The minimum Gasteiger partial charge on any atom is -0.319 e. The summed E-state index contributed by atoms with van der Waals surface area (Å²) in [6.07, 6.45) is 4.89. The number of hydrogen-bond acceptors (Lipinski definition) is 4. The van der Waals surface area contributed by atoms with E-state index in [1.165, 1.54) is 12.1 Å². The van der Waals surface area contributed by atoms with Gasteiger partial charge >= 0.3 is 0 Å². The Morgan fingerprint density at radius 3 is 2.76 bits per heavy atom. The van der Waals surface area contributed by atoms with E-state index in [0.717, 1.165) is 36.2 Å². The molecule has 2 heterocycles. The van der Waals surface area contributed by atoms with Gasteiger partial charge < -0.3 is 5.32 Å². The number of halogens is 1.